The van der Waals surface area contributed by atoms with Crippen molar-refractivity contribution in [3.63, 3.8) is 0 Å². The first-order valence-electron chi connectivity index (χ1n) is 13.5. The summed E-state index contributed by atoms with van der Waals surface area (Å²) in [6.45, 7) is 4.97. The fourth-order valence-corrected chi connectivity index (χ4v) is 5.35. The van der Waals surface area contributed by atoms with Crippen molar-refractivity contribution in [1.29, 1.82) is 0 Å². The maximum Gasteiger partial charge on any atom is 0.321 e. The van der Waals surface area contributed by atoms with E-state index in [0.717, 1.165) is 22.3 Å². The van der Waals surface area contributed by atoms with E-state index >= 15 is 0 Å². The molecule has 6 nitrogen and oxygen atoms in total. The van der Waals surface area contributed by atoms with Gasteiger partial charge in [0.2, 0.25) is 0 Å². The third kappa shape index (κ3) is 8.08. The van der Waals surface area contributed by atoms with Gasteiger partial charge < -0.3 is 15.6 Å². The first kappa shape index (κ1) is 28.7. The second-order valence-corrected chi connectivity index (χ2v) is 10.1. The minimum atomic E-state index is -0.888. The molecular weight excluding hydrogens is 500 g/mol. The van der Waals surface area contributed by atoms with Crippen molar-refractivity contribution in [3.8, 4) is 0 Å². The van der Waals surface area contributed by atoms with E-state index < -0.39 is 12.0 Å². The largest absolute Gasteiger partial charge is 0.480 e. The Morgan fingerprint density at radius 2 is 1.85 bits per heavy atom. The molecule has 0 amide bonds. The maximum atomic E-state index is 14.0. The molecule has 2 atom stereocenters. The number of carbonyl (C=O) groups is 1. The molecule has 3 aromatic carbocycles. The summed E-state index contributed by atoms with van der Waals surface area (Å²) in [5.74, 6) is -1.42. The number of anilines is 1. The summed E-state index contributed by atoms with van der Waals surface area (Å²) < 4.78 is 33.1. The lowest BCUT2D eigenvalue weighted by Gasteiger charge is -2.39. The Bertz CT molecular complexity index is 1240. The molecule has 0 radical (unpaired) electrons. The van der Waals surface area contributed by atoms with Crippen LogP contribution in [0, 0.1) is 11.6 Å². The Morgan fingerprint density at radius 1 is 1.08 bits per heavy atom. The van der Waals surface area contributed by atoms with Crippen LogP contribution in [-0.4, -0.2) is 59.3 Å². The zero-order valence-electron chi connectivity index (χ0n) is 22.4. The SMILES string of the molecule is CCOCCC(C(=O)O)N(CCN1Cc2ccc(F)cc2CC1Cc1ccc(F)cc1)Cc1cccc(N)c1. The van der Waals surface area contributed by atoms with E-state index in [1.807, 2.05) is 42.2 Å². The zero-order valence-corrected chi connectivity index (χ0v) is 22.4. The van der Waals surface area contributed by atoms with Crippen molar-refractivity contribution in [2.45, 2.75) is 51.4 Å². The fourth-order valence-electron chi connectivity index (χ4n) is 5.35. The molecule has 8 heteroatoms. The number of nitrogens with zero attached hydrogens (tertiary/aromatic N) is 2. The van der Waals surface area contributed by atoms with Crippen molar-refractivity contribution in [2.75, 3.05) is 32.0 Å². The van der Waals surface area contributed by atoms with Crippen molar-refractivity contribution in [2.24, 2.45) is 0 Å². The molecule has 2 unspecified atom stereocenters. The van der Waals surface area contributed by atoms with E-state index in [4.69, 9.17) is 10.5 Å². The zero-order chi connectivity index (χ0) is 27.8. The summed E-state index contributed by atoms with van der Waals surface area (Å²) in [7, 11) is 0. The topological polar surface area (TPSA) is 79.0 Å². The number of nitrogens with two attached hydrogens (primary N) is 1. The van der Waals surface area contributed by atoms with Crippen molar-refractivity contribution < 1.29 is 23.4 Å². The highest BCUT2D eigenvalue weighted by Crippen LogP contribution is 2.27. The number of fused-ring (bicyclic) bond motifs is 1. The Hall–Kier alpha value is -3.33. The van der Waals surface area contributed by atoms with Gasteiger partial charge >= 0.3 is 5.97 Å². The van der Waals surface area contributed by atoms with E-state index in [1.165, 1.54) is 18.2 Å². The van der Waals surface area contributed by atoms with Gasteiger partial charge in [-0.3, -0.25) is 14.6 Å². The second-order valence-electron chi connectivity index (χ2n) is 10.1. The molecule has 0 fully saturated rings. The number of carboxylic acid groups (broad SMARTS) is 1. The van der Waals surface area contributed by atoms with E-state index in [-0.39, 0.29) is 17.7 Å². The van der Waals surface area contributed by atoms with Crippen molar-refractivity contribution >= 4 is 11.7 Å². The smallest absolute Gasteiger partial charge is 0.321 e. The highest BCUT2D eigenvalue weighted by Gasteiger charge is 2.30. The minimum absolute atomic E-state index is 0.0608. The molecule has 39 heavy (non-hydrogen) atoms. The lowest BCUT2D eigenvalue weighted by Crippen LogP contribution is -2.49. The molecule has 1 aliphatic heterocycles. The summed E-state index contributed by atoms with van der Waals surface area (Å²) in [6.07, 6.45) is 1.71. The van der Waals surface area contributed by atoms with Gasteiger partial charge in [-0.25, -0.2) is 8.78 Å². The van der Waals surface area contributed by atoms with Gasteiger partial charge in [0.25, 0.3) is 0 Å². The lowest BCUT2D eigenvalue weighted by atomic mass is 9.90. The first-order chi connectivity index (χ1) is 18.8. The number of ether oxygens (including phenoxy) is 1. The highest BCUT2D eigenvalue weighted by atomic mass is 19.1. The molecule has 1 aliphatic rings. The van der Waals surface area contributed by atoms with E-state index in [2.05, 4.69) is 4.90 Å². The molecule has 1 heterocycles. The van der Waals surface area contributed by atoms with E-state index in [1.54, 1.807) is 18.2 Å². The number of rotatable bonds is 13. The van der Waals surface area contributed by atoms with Crippen LogP contribution < -0.4 is 5.73 Å². The van der Waals surface area contributed by atoms with Crippen LogP contribution in [0.4, 0.5) is 14.5 Å². The van der Waals surface area contributed by atoms with Crippen molar-refractivity contribution in [1.82, 2.24) is 9.80 Å². The molecule has 0 aliphatic carbocycles. The number of benzene rings is 3. The van der Waals surface area contributed by atoms with Crippen LogP contribution in [0.1, 0.15) is 35.6 Å². The average molecular weight is 538 g/mol. The standard InChI is InChI=1S/C31H37F2N3O3/c1-2-39-15-12-30(31(37)38)36(20-23-4-3-5-28(34)16-23)14-13-35-21-24-8-11-27(33)18-25(24)19-29(35)17-22-6-9-26(32)10-7-22/h3-11,16,18,29-30H,2,12-15,17,19-21,34H2,1H3,(H,37,38). The molecule has 3 N–H and O–H groups in total. The second kappa shape index (κ2) is 13.6. The molecule has 0 spiro atoms. The predicted octanol–water partition coefficient (Wildman–Crippen LogP) is 4.90. The third-order valence-corrected chi connectivity index (χ3v) is 7.37. The Morgan fingerprint density at radius 3 is 2.56 bits per heavy atom. The number of hydrogen-bond donors (Lipinski definition) is 2. The molecular formula is C31H37F2N3O3. The van der Waals surface area contributed by atoms with Crippen LogP contribution in [-0.2, 0) is 35.5 Å². The lowest BCUT2D eigenvalue weighted by molar-refractivity contribution is -0.144. The molecule has 4 rings (SSSR count). The van der Waals surface area contributed by atoms with Gasteiger partial charge in [0.1, 0.15) is 17.7 Å². The van der Waals surface area contributed by atoms with Gasteiger partial charge in [0.05, 0.1) is 0 Å². The third-order valence-electron chi connectivity index (χ3n) is 7.37. The quantitative estimate of drug-likeness (QED) is 0.239. The summed E-state index contributed by atoms with van der Waals surface area (Å²) in [6, 6.07) is 18.3. The summed E-state index contributed by atoms with van der Waals surface area (Å²) in [5.41, 5.74) is 10.6. The molecule has 208 valence electrons. The molecule has 3 aromatic rings. The van der Waals surface area contributed by atoms with E-state index in [9.17, 15) is 18.7 Å². The number of carboxylic acids is 1. The number of nitrogen functional groups attached to an aromatic ring is 1. The van der Waals surface area contributed by atoms with Crippen LogP contribution >= 0.6 is 0 Å². The highest BCUT2D eigenvalue weighted by molar-refractivity contribution is 5.73. The monoisotopic (exact) mass is 537 g/mol. The van der Waals surface area contributed by atoms with Crippen LogP contribution in [0.5, 0.6) is 0 Å². The van der Waals surface area contributed by atoms with Gasteiger partial charge in [-0.1, -0.05) is 30.3 Å². The maximum absolute atomic E-state index is 14.0. The van der Waals surface area contributed by atoms with Crippen LogP contribution in [0.25, 0.3) is 0 Å². The Kier molecular flexibility index (Phi) is 10.0. The molecule has 0 saturated carbocycles. The van der Waals surface area contributed by atoms with Gasteiger partial charge in [-0.05, 0) is 84.8 Å². The fraction of sp³-hybridized carbons (Fsp3) is 0.387. The summed E-state index contributed by atoms with van der Waals surface area (Å²) in [5, 5.41) is 10.1. The average Bonchev–Trinajstić information content (AvgIpc) is 2.90. The predicted molar refractivity (Wildman–Crippen MR) is 148 cm³/mol. The van der Waals surface area contributed by atoms with Crippen LogP contribution in [0.3, 0.4) is 0 Å². The van der Waals surface area contributed by atoms with Gasteiger partial charge in [0, 0.05) is 51.1 Å². The molecule has 0 aromatic heterocycles. The van der Waals surface area contributed by atoms with Crippen LogP contribution in [0.15, 0.2) is 66.7 Å². The Balaban J connectivity index is 1.56. The number of hydrogen-bond acceptors (Lipinski definition) is 5. The van der Waals surface area contributed by atoms with Crippen molar-refractivity contribution in [3.05, 3.63) is 101 Å². The van der Waals surface area contributed by atoms with Gasteiger partial charge in [-0.2, -0.15) is 0 Å². The minimum Gasteiger partial charge on any atom is -0.480 e. The summed E-state index contributed by atoms with van der Waals surface area (Å²) >= 11 is 0. The van der Waals surface area contributed by atoms with Gasteiger partial charge in [-0.15, -0.1) is 0 Å². The van der Waals surface area contributed by atoms with E-state index in [0.29, 0.717) is 64.3 Å². The van der Waals surface area contributed by atoms with Crippen LogP contribution in [0.2, 0.25) is 0 Å². The molecule has 0 bridgehead atoms. The number of aliphatic carboxylic acids is 1. The summed E-state index contributed by atoms with van der Waals surface area (Å²) in [4.78, 5) is 16.7. The number of halogens is 2. The normalized spacial score (nSPS) is 16.3. The Labute approximate surface area is 229 Å². The van der Waals surface area contributed by atoms with Gasteiger partial charge in [0.15, 0.2) is 0 Å². The molecule has 0 saturated heterocycles. The first-order valence-corrected chi connectivity index (χ1v) is 13.5.